The fourth-order valence-electron chi connectivity index (χ4n) is 2.61. The fraction of sp³-hybridized carbons (Fsp3) is 0.600. The first-order valence-corrected chi connectivity index (χ1v) is 7.36. The van der Waals surface area contributed by atoms with Gasteiger partial charge in [0, 0.05) is 43.9 Å². The maximum absolute atomic E-state index is 12.0. The molecule has 1 fully saturated rings. The van der Waals surface area contributed by atoms with Crippen LogP contribution in [0, 0.1) is 19.8 Å². The zero-order valence-corrected chi connectivity index (χ0v) is 12.8. The lowest BCUT2D eigenvalue weighted by atomic mass is 10.1. The minimum Gasteiger partial charge on any atom is -0.355 e. The van der Waals surface area contributed by atoms with E-state index in [1.165, 1.54) is 0 Å². The van der Waals surface area contributed by atoms with Crippen molar-refractivity contribution in [3.8, 4) is 0 Å². The van der Waals surface area contributed by atoms with Crippen LogP contribution in [0.4, 0.5) is 0 Å². The first-order valence-electron chi connectivity index (χ1n) is 7.36. The van der Waals surface area contributed by atoms with Crippen molar-refractivity contribution in [1.29, 1.82) is 0 Å². The monoisotopic (exact) mass is 290 g/mol. The molecule has 1 unspecified atom stereocenters. The van der Waals surface area contributed by atoms with E-state index >= 15 is 0 Å². The number of aryl methyl sites for hydroxylation is 2. The summed E-state index contributed by atoms with van der Waals surface area (Å²) in [7, 11) is 0. The molecule has 21 heavy (non-hydrogen) atoms. The SMILES string of the molecule is CCN1CC(C(=O)NCCc2nc(C)cc(C)n2)CC1=O. The number of aromatic nitrogens is 2. The minimum absolute atomic E-state index is 0.0522. The lowest BCUT2D eigenvalue weighted by molar-refractivity contribution is -0.128. The van der Waals surface area contributed by atoms with Crippen LogP contribution in [0.15, 0.2) is 6.07 Å². The summed E-state index contributed by atoms with van der Waals surface area (Å²) in [6, 6.07) is 1.92. The summed E-state index contributed by atoms with van der Waals surface area (Å²) >= 11 is 0. The highest BCUT2D eigenvalue weighted by Gasteiger charge is 2.32. The van der Waals surface area contributed by atoms with E-state index < -0.39 is 0 Å². The highest BCUT2D eigenvalue weighted by atomic mass is 16.2. The Labute approximate surface area is 125 Å². The number of rotatable bonds is 5. The molecule has 2 amide bonds. The fourth-order valence-corrected chi connectivity index (χ4v) is 2.61. The quantitative estimate of drug-likeness (QED) is 0.862. The van der Waals surface area contributed by atoms with Crippen molar-refractivity contribution < 1.29 is 9.59 Å². The highest BCUT2D eigenvalue weighted by Crippen LogP contribution is 2.17. The van der Waals surface area contributed by atoms with E-state index in [1.54, 1.807) is 4.90 Å². The number of hydrogen-bond donors (Lipinski definition) is 1. The maximum atomic E-state index is 12.0. The number of likely N-dealkylation sites (tertiary alicyclic amines) is 1. The summed E-state index contributed by atoms with van der Waals surface area (Å²) in [5, 5.41) is 2.88. The van der Waals surface area contributed by atoms with Crippen molar-refractivity contribution in [2.45, 2.75) is 33.6 Å². The third kappa shape index (κ3) is 4.00. The van der Waals surface area contributed by atoms with E-state index in [9.17, 15) is 9.59 Å². The number of carbonyl (C=O) groups is 2. The van der Waals surface area contributed by atoms with Crippen molar-refractivity contribution in [3.63, 3.8) is 0 Å². The lowest BCUT2D eigenvalue weighted by Gasteiger charge is -2.13. The summed E-state index contributed by atoms with van der Waals surface area (Å²) in [6.07, 6.45) is 0.923. The Morgan fingerprint density at radius 1 is 1.38 bits per heavy atom. The lowest BCUT2D eigenvalue weighted by Crippen LogP contribution is -2.34. The van der Waals surface area contributed by atoms with Crippen molar-refractivity contribution >= 4 is 11.8 Å². The topological polar surface area (TPSA) is 75.2 Å². The van der Waals surface area contributed by atoms with Crippen LogP contribution in [0.25, 0.3) is 0 Å². The summed E-state index contributed by atoms with van der Waals surface area (Å²) in [5.74, 6) is 0.530. The van der Waals surface area contributed by atoms with Crippen molar-refractivity contribution in [3.05, 3.63) is 23.3 Å². The molecular formula is C15H22N4O2. The Morgan fingerprint density at radius 2 is 2.05 bits per heavy atom. The maximum Gasteiger partial charge on any atom is 0.225 e. The second-order valence-electron chi connectivity index (χ2n) is 5.44. The van der Waals surface area contributed by atoms with Gasteiger partial charge in [0.2, 0.25) is 11.8 Å². The Hall–Kier alpha value is -1.98. The van der Waals surface area contributed by atoms with Gasteiger partial charge in [-0.3, -0.25) is 9.59 Å². The third-order valence-corrected chi connectivity index (χ3v) is 3.64. The van der Waals surface area contributed by atoms with Gasteiger partial charge >= 0.3 is 0 Å². The molecule has 2 rings (SSSR count). The second-order valence-corrected chi connectivity index (χ2v) is 5.44. The van der Waals surface area contributed by atoms with Crippen LogP contribution in [-0.4, -0.2) is 46.3 Å². The molecule has 1 saturated heterocycles. The van der Waals surface area contributed by atoms with E-state index in [1.807, 2.05) is 26.8 Å². The van der Waals surface area contributed by atoms with Gasteiger partial charge in [0.05, 0.1) is 5.92 Å². The van der Waals surface area contributed by atoms with E-state index in [-0.39, 0.29) is 17.7 Å². The molecule has 1 aliphatic heterocycles. The molecule has 6 nitrogen and oxygen atoms in total. The molecule has 1 N–H and O–H groups in total. The van der Waals surface area contributed by atoms with E-state index in [2.05, 4.69) is 15.3 Å². The van der Waals surface area contributed by atoms with Gasteiger partial charge in [-0.15, -0.1) is 0 Å². The smallest absolute Gasteiger partial charge is 0.225 e. The van der Waals surface area contributed by atoms with Gasteiger partial charge < -0.3 is 10.2 Å². The molecule has 2 heterocycles. The van der Waals surface area contributed by atoms with Gasteiger partial charge in [-0.1, -0.05) is 0 Å². The van der Waals surface area contributed by atoms with Gasteiger partial charge in [-0.05, 0) is 26.8 Å². The molecule has 1 aromatic rings. The third-order valence-electron chi connectivity index (χ3n) is 3.64. The van der Waals surface area contributed by atoms with E-state index in [0.29, 0.717) is 32.5 Å². The summed E-state index contributed by atoms with van der Waals surface area (Å²) in [4.78, 5) is 34.1. The predicted molar refractivity (Wildman–Crippen MR) is 78.6 cm³/mol. The van der Waals surface area contributed by atoms with Gasteiger partial charge in [0.15, 0.2) is 0 Å². The standard InChI is InChI=1S/C15H22N4O2/c1-4-19-9-12(8-14(19)20)15(21)16-6-5-13-17-10(2)7-11(3)18-13/h7,12H,4-6,8-9H2,1-3H3,(H,16,21). The molecule has 0 bridgehead atoms. The molecule has 0 aliphatic carbocycles. The van der Waals surface area contributed by atoms with Crippen LogP contribution in [-0.2, 0) is 16.0 Å². The summed E-state index contributed by atoms with van der Waals surface area (Å²) in [5.41, 5.74) is 1.87. The van der Waals surface area contributed by atoms with E-state index in [4.69, 9.17) is 0 Å². The summed E-state index contributed by atoms with van der Waals surface area (Å²) in [6.45, 7) is 7.48. The molecule has 0 spiro atoms. The van der Waals surface area contributed by atoms with Crippen molar-refractivity contribution in [2.75, 3.05) is 19.6 Å². The first-order chi connectivity index (χ1) is 9.99. The van der Waals surface area contributed by atoms with Gasteiger partial charge in [-0.2, -0.15) is 0 Å². The number of carbonyl (C=O) groups excluding carboxylic acids is 2. The molecule has 1 aliphatic rings. The van der Waals surface area contributed by atoms with Crippen molar-refractivity contribution in [1.82, 2.24) is 20.2 Å². The molecular weight excluding hydrogens is 268 g/mol. The molecule has 6 heteroatoms. The van der Waals surface area contributed by atoms with E-state index in [0.717, 1.165) is 17.2 Å². The van der Waals surface area contributed by atoms with Gasteiger partial charge in [0.1, 0.15) is 5.82 Å². The molecule has 0 saturated carbocycles. The first kappa shape index (κ1) is 15.4. The Kier molecular flexibility index (Phi) is 4.88. The van der Waals surface area contributed by atoms with Crippen molar-refractivity contribution in [2.24, 2.45) is 5.92 Å². The number of nitrogens with one attached hydrogen (secondary N) is 1. The van der Waals surface area contributed by atoms with Crippen LogP contribution >= 0.6 is 0 Å². The van der Waals surface area contributed by atoms with Crippen LogP contribution in [0.5, 0.6) is 0 Å². The second kappa shape index (κ2) is 6.65. The number of hydrogen-bond acceptors (Lipinski definition) is 4. The van der Waals surface area contributed by atoms with Crippen LogP contribution in [0.2, 0.25) is 0 Å². The molecule has 0 aromatic carbocycles. The average molecular weight is 290 g/mol. The zero-order valence-electron chi connectivity index (χ0n) is 12.8. The Balaban J connectivity index is 1.81. The molecule has 1 atom stereocenters. The molecule has 1 aromatic heterocycles. The highest BCUT2D eigenvalue weighted by molar-refractivity contribution is 5.89. The van der Waals surface area contributed by atoms with Crippen LogP contribution < -0.4 is 5.32 Å². The zero-order chi connectivity index (χ0) is 15.4. The average Bonchev–Trinajstić information content (AvgIpc) is 2.79. The molecule has 0 radical (unpaired) electrons. The largest absolute Gasteiger partial charge is 0.355 e. The predicted octanol–water partition coefficient (Wildman–Crippen LogP) is 0.621. The van der Waals surface area contributed by atoms with Gasteiger partial charge in [-0.25, -0.2) is 9.97 Å². The van der Waals surface area contributed by atoms with Crippen LogP contribution in [0.3, 0.4) is 0 Å². The minimum atomic E-state index is -0.224. The summed E-state index contributed by atoms with van der Waals surface area (Å²) < 4.78 is 0. The Bertz CT molecular complexity index is 524. The molecule has 114 valence electrons. The van der Waals surface area contributed by atoms with Gasteiger partial charge in [0.25, 0.3) is 0 Å². The number of amides is 2. The Morgan fingerprint density at radius 3 is 2.62 bits per heavy atom. The van der Waals surface area contributed by atoms with Crippen LogP contribution in [0.1, 0.15) is 30.6 Å². The normalized spacial score (nSPS) is 18.1. The number of nitrogens with zero attached hydrogens (tertiary/aromatic N) is 3.